The molecule has 82 valence electrons. The fourth-order valence-electron chi connectivity index (χ4n) is 1.61. The summed E-state index contributed by atoms with van der Waals surface area (Å²) in [5.41, 5.74) is 4.06. The zero-order valence-electron chi connectivity index (χ0n) is 8.44. The van der Waals surface area contributed by atoms with E-state index < -0.39 is 11.6 Å². The predicted octanol–water partition coefficient (Wildman–Crippen LogP) is -0.755. The van der Waals surface area contributed by atoms with E-state index in [1.165, 1.54) is 6.92 Å². The molecule has 1 atom stereocenters. The Hall–Kier alpha value is -0.650. The SMILES string of the molecule is CC(O)(CN1CCC(N)CC1)C(=O)O. The summed E-state index contributed by atoms with van der Waals surface area (Å²) < 4.78 is 0. The standard InChI is InChI=1S/C9H18N2O3/c1-9(14,8(12)13)6-11-4-2-7(10)3-5-11/h7,14H,2-6,10H2,1H3,(H,12,13). The summed E-state index contributed by atoms with van der Waals surface area (Å²) in [6, 6.07) is 0.223. The highest BCUT2D eigenvalue weighted by molar-refractivity contribution is 5.76. The average molecular weight is 202 g/mol. The molecular formula is C9H18N2O3. The first-order chi connectivity index (χ1) is 6.42. The van der Waals surface area contributed by atoms with Crippen molar-refractivity contribution in [3.8, 4) is 0 Å². The van der Waals surface area contributed by atoms with Crippen molar-refractivity contribution in [3.05, 3.63) is 0 Å². The molecule has 0 amide bonds. The normalized spacial score (nSPS) is 24.5. The van der Waals surface area contributed by atoms with Crippen LogP contribution in [0, 0.1) is 0 Å². The number of aliphatic hydroxyl groups is 1. The summed E-state index contributed by atoms with van der Waals surface area (Å²) in [5, 5.41) is 18.3. The van der Waals surface area contributed by atoms with E-state index in [-0.39, 0.29) is 12.6 Å². The molecule has 0 spiro atoms. The van der Waals surface area contributed by atoms with E-state index >= 15 is 0 Å². The number of hydrogen-bond acceptors (Lipinski definition) is 4. The minimum Gasteiger partial charge on any atom is -0.479 e. The van der Waals surface area contributed by atoms with E-state index in [1.807, 2.05) is 4.90 Å². The van der Waals surface area contributed by atoms with Gasteiger partial charge in [-0.3, -0.25) is 4.90 Å². The molecule has 1 saturated heterocycles. The van der Waals surface area contributed by atoms with Crippen molar-refractivity contribution in [2.75, 3.05) is 19.6 Å². The maximum atomic E-state index is 10.7. The van der Waals surface area contributed by atoms with E-state index in [1.54, 1.807) is 0 Å². The molecule has 1 heterocycles. The molecule has 1 unspecified atom stereocenters. The second-order valence-corrected chi connectivity index (χ2v) is 4.19. The Morgan fingerprint density at radius 1 is 1.57 bits per heavy atom. The Bertz CT molecular complexity index is 210. The molecule has 0 aromatic rings. The van der Waals surface area contributed by atoms with Gasteiger partial charge in [-0.25, -0.2) is 4.79 Å². The van der Waals surface area contributed by atoms with Gasteiger partial charge in [-0.1, -0.05) is 0 Å². The number of carboxylic acid groups (broad SMARTS) is 1. The predicted molar refractivity (Wildman–Crippen MR) is 51.9 cm³/mol. The number of nitrogens with two attached hydrogens (primary N) is 1. The van der Waals surface area contributed by atoms with Crippen molar-refractivity contribution in [1.82, 2.24) is 4.90 Å². The highest BCUT2D eigenvalue weighted by Crippen LogP contribution is 2.13. The lowest BCUT2D eigenvalue weighted by Crippen LogP contribution is -2.50. The Kier molecular flexibility index (Phi) is 3.47. The molecule has 1 aliphatic rings. The molecular weight excluding hydrogens is 184 g/mol. The van der Waals surface area contributed by atoms with Crippen molar-refractivity contribution < 1.29 is 15.0 Å². The van der Waals surface area contributed by atoms with Gasteiger partial charge >= 0.3 is 5.97 Å². The number of carbonyl (C=O) groups is 1. The molecule has 0 aromatic carbocycles. The third-order valence-electron chi connectivity index (χ3n) is 2.62. The topological polar surface area (TPSA) is 86.8 Å². The second kappa shape index (κ2) is 4.25. The third-order valence-corrected chi connectivity index (χ3v) is 2.62. The van der Waals surface area contributed by atoms with Crippen LogP contribution in [0.25, 0.3) is 0 Å². The number of nitrogens with zero attached hydrogens (tertiary/aromatic N) is 1. The van der Waals surface area contributed by atoms with Crippen LogP contribution in [0.5, 0.6) is 0 Å². The van der Waals surface area contributed by atoms with Gasteiger partial charge in [-0.05, 0) is 32.9 Å². The Morgan fingerprint density at radius 2 is 2.07 bits per heavy atom. The molecule has 0 bridgehead atoms. The van der Waals surface area contributed by atoms with Gasteiger partial charge in [-0.15, -0.1) is 0 Å². The first-order valence-electron chi connectivity index (χ1n) is 4.85. The number of rotatable bonds is 3. The maximum Gasteiger partial charge on any atom is 0.336 e. The number of carboxylic acids is 1. The van der Waals surface area contributed by atoms with E-state index in [4.69, 9.17) is 10.8 Å². The Labute approximate surface area is 83.5 Å². The van der Waals surface area contributed by atoms with Crippen molar-refractivity contribution >= 4 is 5.97 Å². The Morgan fingerprint density at radius 3 is 2.50 bits per heavy atom. The molecule has 0 saturated carbocycles. The average Bonchev–Trinajstić information content (AvgIpc) is 2.08. The number of aliphatic carboxylic acids is 1. The number of piperidine rings is 1. The molecule has 0 aromatic heterocycles. The molecule has 14 heavy (non-hydrogen) atoms. The molecule has 0 radical (unpaired) electrons. The summed E-state index contributed by atoms with van der Waals surface area (Å²) >= 11 is 0. The number of β-amino-alcohol motifs (C(OH)–C–C–N with tert-alkyl or cyclic N) is 1. The minimum absolute atomic E-state index is 0.176. The lowest BCUT2D eigenvalue weighted by Gasteiger charge is -2.33. The highest BCUT2D eigenvalue weighted by Gasteiger charge is 2.33. The zero-order chi connectivity index (χ0) is 10.8. The highest BCUT2D eigenvalue weighted by atomic mass is 16.4. The van der Waals surface area contributed by atoms with Crippen molar-refractivity contribution in [2.45, 2.75) is 31.4 Å². The Balaban J connectivity index is 2.41. The quantitative estimate of drug-likeness (QED) is 0.560. The van der Waals surface area contributed by atoms with E-state index in [0.29, 0.717) is 0 Å². The van der Waals surface area contributed by atoms with Gasteiger partial charge in [-0.2, -0.15) is 0 Å². The van der Waals surface area contributed by atoms with Gasteiger partial charge in [0.1, 0.15) is 0 Å². The van der Waals surface area contributed by atoms with Crippen LogP contribution in [0.3, 0.4) is 0 Å². The monoisotopic (exact) mass is 202 g/mol. The molecule has 1 rings (SSSR count). The van der Waals surface area contributed by atoms with Crippen LogP contribution >= 0.6 is 0 Å². The summed E-state index contributed by atoms with van der Waals surface area (Å²) in [5.74, 6) is -1.17. The number of hydrogen-bond donors (Lipinski definition) is 3. The summed E-state index contributed by atoms with van der Waals surface area (Å²) in [6.45, 7) is 3.04. The zero-order valence-corrected chi connectivity index (χ0v) is 8.44. The smallest absolute Gasteiger partial charge is 0.336 e. The van der Waals surface area contributed by atoms with Gasteiger partial charge in [0.2, 0.25) is 0 Å². The van der Waals surface area contributed by atoms with Gasteiger partial charge in [0, 0.05) is 12.6 Å². The van der Waals surface area contributed by atoms with Crippen LogP contribution in [0.1, 0.15) is 19.8 Å². The first kappa shape index (κ1) is 11.4. The van der Waals surface area contributed by atoms with Crippen LogP contribution < -0.4 is 5.73 Å². The first-order valence-corrected chi connectivity index (χ1v) is 4.85. The summed E-state index contributed by atoms with van der Waals surface area (Å²) in [4.78, 5) is 12.6. The van der Waals surface area contributed by atoms with E-state index in [9.17, 15) is 9.90 Å². The van der Waals surface area contributed by atoms with E-state index in [0.717, 1.165) is 25.9 Å². The van der Waals surface area contributed by atoms with Crippen molar-refractivity contribution in [3.63, 3.8) is 0 Å². The molecule has 1 aliphatic heterocycles. The number of likely N-dealkylation sites (tertiary alicyclic amines) is 1. The third kappa shape index (κ3) is 2.94. The summed E-state index contributed by atoms with van der Waals surface area (Å²) in [7, 11) is 0. The molecule has 1 fully saturated rings. The molecule has 5 nitrogen and oxygen atoms in total. The van der Waals surface area contributed by atoms with Crippen molar-refractivity contribution in [1.29, 1.82) is 0 Å². The van der Waals surface area contributed by atoms with Gasteiger partial charge < -0.3 is 15.9 Å². The largest absolute Gasteiger partial charge is 0.479 e. The molecule has 0 aliphatic carbocycles. The van der Waals surface area contributed by atoms with Gasteiger partial charge in [0.15, 0.2) is 5.60 Å². The molecule has 4 N–H and O–H groups in total. The molecule has 5 heteroatoms. The van der Waals surface area contributed by atoms with E-state index in [2.05, 4.69) is 0 Å². The maximum absolute atomic E-state index is 10.7. The van der Waals surface area contributed by atoms with Crippen LogP contribution in [0.4, 0.5) is 0 Å². The second-order valence-electron chi connectivity index (χ2n) is 4.19. The lowest BCUT2D eigenvalue weighted by molar-refractivity contribution is -0.158. The minimum atomic E-state index is -1.65. The van der Waals surface area contributed by atoms with Gasteiger partial charge in [0.25, 0.3) is 0 Å². The lowest BCUT2D eigenvalue weighted by atomic mass is 10.0. The van der Waals surface area contributed by atoms with Crippen LogP contribution in [0.2, 0.25) is 0 Å². The van der Waals surface area contributed by atoms with Crippen molar-refractivity contribution in [2.24, 2.45) is 5.73 Å². The van der Waals surface area contributed by atoms with Crippen LogP contribution in [0.15, 0.2) is 0 Å². The summed E-state index contributed by atoms with van der Waals surface area (Å²) in [6.07, 6.45) is 1.74. The fraction of sp³-hybridized carbons (Fsp3) is 0.889. The van der Waals surface area contributed by atoms with Crippen LogP contribution in [-0.4, -0.2) is 52.4 Å². The van der Waals surface area contributed by atoms with Gasteiger partial charge in [0.05, 0.1) is 0 Å². The fourth-order valence-corrected chi connectivity index (χ4v) is 1.61. The van der Waals surface area contributed by atoms with Crippen LogP contribution in [-0.2, 0) is 4.79 Å².